The number of aromatic amines is 1. The first-order valence-corrected chi connectivity index (χ1v) is 6.57. The first-order valence-electron chi connectivity index (χ1n) is 6.57. The molecule has 3 rings (SSSR count). The van der Waals surface area contributed by atoms with Gasteiger partial charge < -0.3 is 21.7 Å². The van der Waals surface area contributed by atoms with Gasteiger partial charge in [0, 0.05) is 31.0 Å². The summed E-state index contributed by atoms with van der Waals surface area (Å²) >= 11 is 0. The van der Waals surface area contributed by atoms with Crippen LogP contribution >= 0.6 is 0 Å². The Balaban J connectivity index is 0.00000110. The Morgan fingerprint density at radius 3 is 2.38 bits per heavy atom. The van der Waals surface area contributed by atoms with Crippen molar-refractivity contribution in [2.75, 3.05) is 0 Å². The van der Waals surface area contributed by atoms with Gasteiger partial charge in [0.15, 0.2) is 0 Å². The molecule has 1 aromatic heterocycles. The van der Waals surface area contributed by atoms with E-state index < -0.39 is 0 Å². The molecule has 0 atom stereocenters. The zero-order valence-electron chi connectivity index (χ0n) is 13.1. The molecule has 0 spiro atoms. The molecular formula is C16H21BNO2Rh-. The Kier molecular flexibility index (Phi) is 5.29. The maximum absolute atomic E-state index is 6.11. The summed E-state index contributed by atoms with van der Waals surface area (Å²) in [5.74, 6) is 0. The number of aromatic nitrogens is 1. The van der Waals surface area contributed by atoms with Gasteiger partial charge in [0.2, 0.25) is 0 Å². The second kappa shape index (κ2) is 6.10. The van der Waals surface area contributed by atoms with Crippen LogP contribution in [-0.2, 0) is 28.8 Å². The standard InChI is InChI=1S/C15H18BNO2.CH3.Rh/c1-14(2)15(3,4)19-16(18-14)12-7-5-6-8-13-11(12)9-10-17-13;;/h6-10,17H,1-4H3;1H3;/q;-1;. The van der Waals surface area contributed by atoms with E-state index in [4.69, 9.17) is 9.31 Å². The number of allylic oxidation sites excluding steroid dienone is 1. The molecule has 1 aliphatic heterocycles. The molecule has 0 saturated carbocycles. The van der Waals surface area contributed by atoms with Gasteiger partial charge in [-0.05, 0) is 62.7 Å². The van der Waals surface area contributed by atoms with Gasteiger partial charge in [-0.15, -0.1) is 5.73 Å². The van der Waals surface area contributed by atoms with Crippen molar-refractivity contribution in [2.24, 2.45) is 0 Å². The Hall–Kier alpha value is -0.852. The van der Waals surface area contributed by atoms with Crippen LogP contribution in [-0.4, -0.2) is 23.3 Å². The fourth-order valence-electron chi connectivity index (χ4n) is 2.28. The molecular weight excluding hydrogens is 352 g/mol. The molecule has 1 saturated heterocycles. The summed E-state index contributed by atoms with van der Waals surface area (Å²) < 4.78 is 12.2. The topological polar surface area (TPSA) is 34.2 Å². The number of rotatable bonds is 1. The van der Waals surface area contributed by atoms with Gasteiger partial charge in [-0.3, -0.25) is 0 Å². The fourth-order valence-corrected chi connectivity index (χ4v) is 2.28. The maximum atomic E-state index is 6.11. The van der Waals surface area contributed by atoms with Crippen LogP contribution in [0.3, 0.4) is 0 Å². The molecule has 1 aliphatic carbocycles. The predicted molar refractivity (Wildman–Crippen MR) is 83.1 cm³/mol. The van der Waals surface area contributed by atoms with Crippen molar-refractivity contribution in [3.05, 3.63) is 48.1 Å². The number of fused-ring (bicyclic) bond motifs is 1. The maximum Gasteiger partial charge on any atom is 0.496 e. The summed E-state index contributed by atoms with van der Waals surface area (Å²) in [5, 5.41) is 2.17. The van der Waals surface area contributed by atoms with Gasteiger partial charge in [0.05, 0.1) is 11.2 Å². The summed E-state index contributed by atoms with van der Waals surface area (Å²) in [5.41, 5.74) is 3.50. The molecule has 0 aromatic carbocycles. The second-order valence-corrected chi connectivity index (χ2v) is 5.99. The largest absolute Gasteiger partial charge is 0.496 e. The van der Waals surface area contributed by atoms with Crippen LogP contribution in [0, 0.1) is 7.43 Å². The van der Waals surface area contributed by atoms with E-state index in [2.05, 4.69) is 38.4 Å². The predicted octanol–water partition coefficient (Wildman–Crippen LogP) is 1.75. The third-order valence-corrected chi connectivity index (χ3v) is 4.18. The van der Waals surface area contributed by atoms with Crippen LogP contribution in [0.1, 0.15) is 27.7 Å². The van der Waals surface area contributed by atoms with Gasteiger partial charge in [0.1, 0.15) is 0 Å². The Morgan fingerprint density at radius 1 is 1.14 bits per heavy atom. The average molecular weight is 373 g/mol. The monoisotopic (exact) mass is 373 g/mol. The van der Waals surface area contributed by atoms with E-state index in [0.717, 1.165) is 16.0 Å². The number of hydrogen-bond acceptors (Lipinski definition) is 2. The van der Waals surface area contributed by atoms with Crippen molar-refractivity contribution in [1.82, 2.24) is 4.98 Å². The van der Waals surface area contributed by atoms with Crippen molar-refractivity contribution < 1.29 is 28.8 Å². The first-order chi connectivity index (χ1) is 8.91. The SMILES string of the molecule is CC1(C)OB(C2=c3cc[nH]c3=CC=C=C2)OC1(C)C.[CH3-].[Rh]. The Labute approximate surface area is 139 Å². The Morgan fingerprint density at radius 2 is 1.76 bits per heavy atom. The Bertz CT molecular complexity index is 680. The summed E-state index contributed by atoms with van der Waals surface area (Å²) in [7, 11) is -0.355. The molecule has 0 amide bonds. The minimum absolute atomic E-state index is 0. The van der Waals surface area contributed by atoms with Crippen LogP contribution in [0.15, 0.2) is 30.1 Å². The minimum Gasteiger partial charge on any atom is -0.399 e. The van der Waals surface area contributed by atoms with Gasteiger partial charge >= 0.3 is 7.12 Å². The summed E-state index contributed by atoms with van der Waals surface area (Å²) in [6.07, 6.45) is 7.77. The van der Waals surface area contributed by atoms with E-state index >= 15 is 0 Å². The molecule has 0 unspecified atom stereocenters. The van der Waals surface area contributed by atoms with Crippen molar-refractivity contribution in [1.29, 1.82) is 0 Å². The number of nitrogens with one attached hydrogen (secondary N) is 1. The van der Waals surface area contributed by atoms with Crippen LogP contribution in [0.4, 0.5) is 0 Å². The quantitative estimate of drug-likeness (QED) is 0.463. The molecule has 21 heavy (non-hydrogen) atoms. The first kappa shape index (κ1) is 18.2. The molecule has 1 N–H and O–H groups in total. The van der Waals surface area contributed by atoms with Gasteiger partial charge in [0.25, 0.3) is 0 Å². The van der Waals surface area contributed by atoms with Crippen molar-refractivity contribution in [3.63, 3.8) is 0 Å². The zero-order chi connectivity index (χ0) is 13.7. The molecule has 5 heteroatoms. The van der Waals surface area contributed by atoms with E-state index in [-0.39, 0.29) is 45.2 Å². The normalized spacial score (nSPS) is 21.0. The van der Waals surface area contributed by atoms with E-state index in [0.29, 0.717) is 0 Å². The molecule has 1 fully saturated rings. The molecule has 2 aliphatic rings. The second-order valence-electron chi connectivity index (χ2n) is 5.99. The third-order valence-electron chi connectivity index (χ3n) is 4.18. The van der Waals surface area contributed by atoms with E-state index in [1.165, 1.54) is 0 Å². The summed E-state index contributed by atoms with van der Waals surface area (Å²) in [6.45, 7) is 8.25. The molecule has 3 nitrogen and oxygen atoms in total. The van der Waals surface area contributed by atoms with E-state index in [1.54, 1.807) is 0 Å². The van der Waals surface area contributed by atoms with Crippen LogP contribution < -0.4 is 10.6 Å². The van der Waals surface area contributed by atoms with Crippen molar-refractivity contribution >= 4 is 18.7 Å². The van der Waals surface area contributed by atoms with Gasteiger partial charge in [-0.1, -0.05) is 0 Å². The number of H-pyrrole nitrogens is 1. The van der Waals surface area contributed by atoms with Gasteiger partial charge in [-0.25, -0.2) is 0 Å². The molecule has 0 bridgehead atoms. The zero-order valence-corrected chi connectivity index (χ0v) is 14.8. The molecule has 1 aromatic rings. The van der Waals surface area contributed by atoms with Crippen LogP contribution in [0.25, 0.3) is 11.5 Å². The number of hydrogen-bond donors (Lipinski definition) is 1. The fraction of sp³-hybridized carbons (Fsp3) is 0.375. The van der Waals surface area contributed by atoms with E-state index in [1.807, 2.05) is 30.5 Å². The summed E-state index contributed by atoms with van der Waals surface area (Å²) in [6, 6.07) is 2.05. The molecule has 2 heterocycles. The van der Waals surface area contributed by atoms with Crippen LogP contribution in [0.5, 0.6) is 0 Å². The average Bonchev–Trinajstić information content (AvgIpc) is 2.76. The summed E-state index contributed by atoms with van der Waals surface area (Å²) in [4.78, 5) is 3.21. The minimum atomic E-state index is -0.355. The van der Waals surface area contributed by atoms with Crippen molar-refractivity contribution in [3.8, 4) is 0 Å². The third kappa shape index (κ3) is 3.02. The van der Waals surface area contributed by atoms with Crippen molar-refractivity contribution in [2.45, 2.75) is 38.9 Å². The van der Waals surface area contributed by atoms with Gasteiger partial charge in [-0.2, -0.15) is 0 Å². The van der Waals surface area contributed by atoms with Crippen LogP contribution in [0.2, 0.25) is 0 Å². The molecule has 115 valence electrons. The van der Waals surface area contributed by atoms with E-state index in [9.17, 15) is 0 Å². The molecule has 1 radical (unpaired) electrons. The smallest absolute Gasteiger partial charge is 0.399 e.